The van der Waals surface area contributed by atoms with E-state index in [4.69, 9.17) is 4.42 Å². The van der Waals surface area contributed by atoms with E-state index in [9.17, 15) is 31.2 Å². The standard InChI is InChI=1S/C21H20F3N3O6S/c1-9-5-6-12(22)15(10(9)2)11(3)18(19-25-26-21(29)33-19)27-34(30,31)14-8-7-13(23)16(17(14)24)20(28)32-4/h5-8,11,18,27H,1-4H3,(H,26,29). The Morgan fingerprint density at radius 2 is 1.79 bits per heavy atom. The Morgan fingerprint density at radius 3 is 2.38 bits per heavy atom. The summed E-state index contributed by atoms with van der Waals surface area (Å²) in [6.45, 7) is 4.80. The highest BCUT2D eigenvalue weighted by molar-refractivity contribution is 7.89. The third kappa shape index (κ3) is 4.61. The fraction of sp³-hybridized carbons (Fsp3) is 0.286. The highest BCUT2D eigenvalue weighted by Crippen LogP contribution is 2.35. The summed E-state index contributed by atoms with van der Waals surface area (Å²) in [5.74, 6) is -7.56. The van der Waals surface area contributed by atoms with E-state index >= 15 is 0 Å². The largest absolute Gasteiger partial charge is 0.465 e. The Hall–Kier alpha value is -3.45. The SMILES string of the molecule is COC(=O)c1c(F)ccc(S(=O)(=O)NC(c2n[nH]c(=O)o2)C(C)c2c(F)ccc(C)c2C)c1F. The Morgan fingerprint density at radius 1 is 1.15 bits per heavy atom. The van der Waals surface area contributed by atoms with Gasteiger partial charge in [-0.2, -0.15) is 4.72 Å². The molecule has 0 aliphatic carbocycles. The van der Waals surface area contributed by atoms with Crippen LogP contribution in [0.3, 0.4) is 0 Å². The minimum atomic E-state index is -4.84. The van der Waals surface area contributed by atoms with Crippen LogP contribution in [0.25, 0.3) is 0 Å². The second-order valence-corrected chi connectivity index (χ2v) is 9.15. The van der Waals surface area contributed by atoms with Crippen LogP contribution in [0.5, 0.6) is 0 Å². The summed E-state index contributed by atoms with van der Waals surface area (Å²) in [6.07, 6.45) is 0. The molecule has 0 saturated carbocycles. The van der Waals surface area contributed by atoms with Gasteiger partial charge in [-0.25, -0.2) is 36.3 Å². The third-order valence-corrected chi connectivity index (χ3v) is 6.88. The highest BCUT2D eigenvalue weighted by atomic mass is 32.2. The molecule has 3 rings (SSSR count). The molecule has 0 aliphatic rings. The predicted molar refractivity (Wildman–Crippen MR) is 112 cm³/mol. The molecule has 2 unspecified atom stereocenters. The number of ether oxygens (including phenoxy) is 1. The number of aromatic amines is 1. The summed E-state index contributed by atoms with van der Waals surface area (Å²) in [7, 11) is -3.97. The molecular formula is C21H20F3N3O6S. The van der Waals surface area contributed by atoms with Crippen molar-refractivity contribution in [3.05, 3.63) is 80.4 Å². The van der Waals surface area contributed by atoms with Crippen molar-refractivity contribution in [2.24, 2.45) is 0 Å². The first-order valence-electron chi connectivity index (χ1n) is 9.78. The second kappa shape index (κ2) is 9.43. The van der Waals surface area contributed by atoms with E-state index in [-0.39, 0.29) is 5.56 Å². The number of nitrogens with zero attached hydrogens (tertiary/aromatic N) is 1. The number of esters is 1. The van der Waals surface area contributed by atoms with Crippen LogP contribution < -0.4 is 10.5 Å². The van der Waals surface area contributed by atoms with E-state index in [1.54, 1.807) is 13.8 Å². The average molecular weight is 499 g/mol. The van der Waals surface area contributed by atoms with Crippen molar-refractivity contribution in [2.45, 2.75) is 37.6 Å². The number of benzene rings is 2. The van der Waals surface area contributed by atoms with Crippen LogP contribution in [0.15, 0.2) is 38.4 Å². The van der Waals surface area contributed by atoms with Gasteiger partial charge in [-0.15, -0.1) is 5.10 Å². The predicted octanol–water partition coefficient (Wildman–Crippen LogP) is 3.01. The topological polar surface area (TPSA) is 131 Å². The van der Waals surface area contributed by atoms with E-state index in [2.05, 4.69) is 14.6 Å². The van der Waals surface area contributed by atoms with Gasteiger partial charge in [0.2, 0.25) is 15.9 Å². The van der Waals surface area contributed by atoms with Gasteiger partial charge in [0, 0.05) is 5.92 Å². The molecule has 1 aromatic heterocycles. The van der Waals surface area contributed by atoms with Crippen molar-refractivity contribution in [2.75, 3.05) is 7.11 Å². The fourth-order valence-corrected chi connectivity index (χ4v) is 4.88. The Labute approximate surface area is 192 Å². The number of carbonyl (C=O) groups excluding carboxylic acids is 1. The summed E-state index contributed by atoms with van der Waals surface area (Å²) in [4.78, 5) is 22.2. The summed E-state index contributed by atoms with van der Waals surface area (Å²) in [5.41, 5.74) is 0.117. The van der Waals surface area contributed by atoms with Crippen LogP contribution in [-0.4, -0.2) is 31.7 Å². The smallest absolute Gasteiger partial charge is 0.434 e. The van der Waals surface area contributed by atoms with Crippen molar-refractivity contribution >= 4 is 16.0 Å². The number of aromatic nitrogens is 2. The Bertz CT molecular complexity index is 1420. The molecule has 0 spiro atoms. The van der Waals surface area contributed by atoms with Gasteiger partial charge in [0.25, 0.3) is 0 Å². The van der Waals surface area contributed by atoms with Crippen LogP contribution in [0, 0.1) is 31.3 Å². The van der Waals surface area contributed by atoms with Gasteiger partial charge in [-0.3, -0.25) is 0 Å². The molecule has 0 radical (unpaired) electrons. The van der Waals surface area contributed by atoms with E-state index in [1.165, 1.54) is 19.1 Å². The highest BCUT2D eigenvalue weighted by Gasteiger charge is 2.35. The van der Waals surface area contributed by atoms with Gasteiger partial charge in [-0.05, 0) is 48.7 Å². The number of hydrogen-bond acceptors (Lipinski definition) is 7. The molecule has 2 aromatic carbocycles. The monoisotopic (exact) mass is 499 g/mol. The van der Waals surface area contributed by atoms with Crippen molar-refractivity contribution in [3.63, 3.8) is 0 Å². The van der Waals surface area contributed by atoms with Crippen LogP contribution in [0.4, 0.5) is 13.2 Å². The quantitative estimate of drug-likeness (QED) is 0.478. The first-order chi connectivity index (χ1) is 15.9. The fourth-order valence-electron chi connectivity index (χ4n) is 3.53. The number of nitrogens with one attached hydrogen (secondary N) is 2. The van der Waals surface area contributed by atoms with Gasteiger partial charge in [-0.1, -0.05) is 13.0 Å². The maximum absolute atomic E-state index is 14.9. The zero-order valence-electron chi connectivity index (χ0n) is 18.4. The number of sulfonamides is 1. The average Bonchev–Trinajstić information content (AvgIpc) is 3.20. The lowest BCUT2D eigenvalue weighted by Gasteiger charge is -2.25. The summed E-state index contributed by atoms with van der Waals surface area (Å²) >= 11 is 0. The second-order valence-electron chi connectivity index (χ2n) is 7.47. The Kier molecular flexibility index (Phi) is 6.98. The lowest BCUT2D eigenvalue weighted by Crippen LogP contribution is -2.33. The maximum atomic E-state index is 14.9. The molecule has 9 nitrogen and oxygen atoms in total. The van der Waals surface area contributed by atoms with Gasteiger partial charge in [0.1, 0.15) is 28.1 Å². The number of H-pyrrole nitrogens is 1. The molecule has 2 N–H and O–H groups in total. The van der Waals surface area contributed by atoms with Crippen molar-refractivity contribution in [1.29, 1.82) is 0 Å². The summed E-state index contributed by atoms with van der Waals surface area (Å²) < 4.78 is 81.3. The lowest BCUT2D eigenvalue weighted by atomic mass is 9.88. The lowest BCUT2D eigenvalue weighted by molar-refractivity contribution is 0.0589. The van der Waals surface area contributed by atoms with E-state index in [0.717, 1.165) is 7.11 Å². The van der Waals surface area contributed by atoms with Gasteiger partial charge in [0.05, 0.1) is 7.11 Å². The number of carbonyl (C=O) groups is 1. The molecule has 0 fully saturated rings. The van der Waals surface area contributed by atoms with Crippen LogP contribution >= 0.6 is 0 Å². The molecular weight excluding hydrogens is 479 g/mol. The molecule has 182 valence electrons. The van der Waals surface area contributed by atoms with Gasteiger partial charge >= 0.3 is 11.7 Å². The molecule has 0 saturated heterocycles. The number of hydrogen-bond donors (Lipinski definition) is 2. The zero-order valence-corrected chi connectivity index (χ0v) is 19.2. The van der Waals surface area contributed by atoms with Crippen molar-refractivity contribution in [3.8, 4) is 0 Å². The van der Waals surface area contributed by atoms with Crippen LogP contribution in [-0.2, 0) is 14.8 Å². The minimum Gasteiger partial charge on any atom is -0.465 e. The minimum absolute atomic E-state index is 0.105. The molecule has 0 amide bonds. The van der Waals surface area contributed by atoms with E-state index in [0.29, 0.717) is 23.3 Å². The van der Waals surface area contributed by atoms with Crippen LogP contribution in [0.2, 0.25) is 0 Å². The van der Waals surface area contributed by atoms with Crippen molar-refractivity contribution < 1.29 is 35.5 Å². The first-order valence-corrected chi connectivity index (χ1v) is 11.3. The summed E-state index contributed by atoms with van der Waals surface area (Å²) in [6, 6.07) is 2.44. The molecule has 0 aliphatic heterocycles. The van der Waals surface area contributed by atoms with E-state index in [1.807, 2.05) is 5.10 Å². The molecule has 13 heteroatoms. The number of halogens is 3. The van der Waals surface area contributed by atoms with Crippen LogP contribution in [0.1, 0.15) is 51.8 Å². The normalized spacial score (nSPS) is 13.5. The third-order valence-electron chi connectivity index (χ3n) is 5.43. The van der Waals surface area contributed by atoms with Gasteiger partial charge in [0.15, 0.2) is 5.82 Å². The molecule has 34 heavy (non-hydrogen) atoms. The Balaban J connectivity index is 2.15. The van der Waals surface area contributed by atoms with E-state index < -0.39 is 67.5 Å². The molecule has 1 heterocycles. The molecule has 2 atom stereocenters. The van der Waals surface area contributed by atoms with Crippen molar-refractivity contribution in [1.82, 2.24) is 14.9 Å². The summed E-state index contributed by atoms with van der Waals surface area (Å²) in [5, 5.41) is 5.62. The number of aryl methyl sites for hydroxylation is 1. The first kappa shape index (κ1) is 25.2. The molecule has 0 bridgehead atoms. The zero-order chi connectivity index (χ0) is 25.4. The molecule has 3 aromatic rings. The maximum Gasteiger partial charge on any atom is 0.434 e. The number of methoxy groups -OCH3 is 1. The van der Waals surface area contributed by atoms with Gasteiger partial charge < -0.3 is 9.15 Å². The number of rotatable bonds is 7.